The second-order valence-electron chi connectivity index (χ2n) is 5.20. The normalized spacial score (nSPS) is 13.1. The zero-order valence-electron chi connectivity index (χ0n) is 13.0. The molecule has 1 rings (SSSR count). The van der Waals surface area contributed by atoms with Crippen LogP contribution in [0.3, 0.4) is 0 Å². The van der Waals surface area contributed by atoms with Crippen molar-refractivity contribution in [2.24, 2.45) is 5.92 Å². The Balaban J connectivity index is 2.74. The lowest BCUT2D eigenvalue weighted by atomic mass is 9.88. The van der Waals surface area contributed by atoms with Gasteiger partial charge in [-0.25, -0.2) is 4.98 Å². The summed E-state index contributed by atoms with van der Waals surface area (Å²) in [5.74, 6) is 1.86. The van der Waals surface area contributed by atoms with E-state index >= 15 is 0 Å². The number of rotatable bonds is 10. The minimum atomic E-state index is 0.527. The topological polar surface area (TPSA) is 42.7 Å². The van der Waals surface area contributed by atoms with Crippen molar-refractivity contribution in [3.8, 4) is 0 Å². The van der Waals surface area contributed by atoms with Crippen LogP contribution in [0, 0.1) is 5.92 Å². The summed E-state index contributed by atoms with van der Waals surface area (Å²) in [6.07, 6.45) is 7.78. The molecule has 19 heavy (non-hydrogen) atoms. The molecule has 4 heteroatoms. The highest BCUT2D eigenvalue weighted by molar-refractivity contribution is 4.92. The van der Waals surface area contributed by atoms with Crippen LogP contribution in [0.4, 0.5) is 0 Å². The van der Waals surface area contributed by atoms with Gasteiger partial charge in [-0.2, -0.15) is 5.10 Å². The van der Waals surface area contributed by atoms with Crippen molar-refractivity contribution in [2.45, 2.75) is 72.4 Å². The Morgan fingerprint density at radius 2 is 1.84 bits per heavy atom. The molecule has 0 spiro atoms. The summed E-state index contributed by atoms with van der Waals surface area (Å²) in [7, 11) is 0. The maximum absolute atomic E-state index is 4.42. The van der Waals surface area contributed by atoms with Gasteiger partial charge in [0.15, 0.2) is 0 Å². The van der Waals surface area contributed by atoms with Crippen molar-refractivity contribution >= 4 is 0 Å². The van der Waals surface area contributed by atoms with E-state index < -0.39 is 0 Å². The van der Waals surface area contributed by atoms with Gasteiger partial charge < -0.3 is 5.32 Å². The quantitative estimate of drug-likeness (QED) is 0.708. The van der Waals surface area contributed by atoms with Gasteiger partial charge in [-0.1, -0.05) is 33.6 Å². The molecular formula is C15H30N4. The molecule has 1 aromatic rings. The molecule has 0 aliphatic carbocycles. The average molecular weight is 266 g/mol. The number of likely N-dealkylation sites (N-methyl/N-ethyl adjacent to an activating group) is 1. The lowest BCUT2D eigenvalue weighted by Crippen LogP contribution is -2.38. The minimum absolute atomic E-state index is 0.527. The standard InChI is InChI=1S/C15H30N4/c1-5-9-13(10-6-2)14(16-7-3)11-15-17-12-18-19(15)8-4/h12-14,16H,5-11H2,1-4H3. The van der Waals surface area contributed by atoms with Gasteiger partial charge >= 0.3 is 0 Å². The summed E-state index contributed by atoms with van der Waals surface area (Å²) < 4.78 is 2.01. The van der Waals surface area contributed by atoms with Crippen LogP contribution in [-0.2, 0) is 13.0 Å². The van der Waals surface area contributed by atoms with Gasteiger partial charge in [0.2, 0.25) is 0 Å². The molecule has 0 aliphatic heterocycles. The zero-order valence-corrected chi connectivity index (χ0v) is 13.0. The van der Waals surface area contributed by atoms with Gasteiger partial charge in [0.25, 0.3) is 0 Å². The van der Waals surface area contributed by atoms with Crippen molar-refractivity contribution in [1.82, 2.24) is 20.1 Å². The molecule has 1 N–H and O–H groups in total. The van der Waals surface area contributed by atoms with E-state index in [1.54, 1.807) is 6.33 Å². The molecule has 0 aromatic carbocycles. The Labute approximate surface area is 118 Å². The molecule has 1 atom stereocenters. The van der Waals surface area contributed by atoms with E-state index in [0.717, 1.165) is 31.3 Å². The predicted molar refractivity (Wildman–Crippen MR) is 80.2 cm³/mol. The Hall–Kier alpha value is -0.900. The van der Waals surface area contributed by atoms with E-state index in [0.29, 0.717) is 6.04 Å². The van der Waals surface area contributed by atoms with E-state index in [-0.39, 0.29) is 0 Å². The molecule has 0 fully saturated rings. The summed E-state index contributed by atoms with van der Waals surface area (Å²) in [6, 6.07) is 0.527. The fraction of sp³-hybridized carbons (Fsp3) is 0.867. The molecule has 4 nitrogen and oxygen atoms in total. The summed E-state index contributed by atoms with van der Waals surface area (Å²) >= 11 is 0. The van der Waals surface area contributed by atoms with Crippen LogP contribution < -0.4 is 5.32 Å². The Bertz CT molecular complexity index is 329. The number of nitrogens with one attached hydrogen (secondary N) is 1. The lowest BCUT2D eigenvalue weighted by molar-refractivity contribution is 0.306. The molecular weight excluding hydrogens is 236 g/mol. The van der Waals surface area contributed by atoms with Gasteiger partial charge in [-0.15, -0.1) is 0 Å². The molecule has 110 valence electrons. The van der Waals surface area contributed by atoms with Crippen LogP contribution in [0.2, 0.25) is 0 Å². The fourth-order valence-electron chi connectivity index (χ4n) is 2.86. The van der Waals surface area contributed by atoms with Crippen LogP contribution in [-0.4, -0.2) is 27.4 Å². The van der Waals surface area contributed by atoms with Crippen molar-refractivity contribution in [1.29, 1.82) is 0 Å². The maximum Gasteiger partial charge on any atom is 0.138 e. The van der Waals surface area contributed by atoms with E-state index in [4.69, 9.17) is 0 Å². The summed E-state index contributed by atoms with van der Waals surface area (Å²) in [5, 5.41) is 7.94. The van der Waals surface area contributed by atoms with E-state index in [1.807, 2.05) is 4.68 Å². The highest BCUT2D eigenvalue weighted by atomic mass is 15.3. The molecule has 0 saturated carbocycles. The monoisotopic (exact) mass is 266 g/mol. The third kappa shape index (κ3) is 4.94. The molecule has 0 radical (unpaired) electrons. The molecule has 0 bridgehead atoms. The first kappa shape index (κ1) is 16.2. The van der Waals surface area contributed by atoms with Gasteiger partial charge in [-0.05, 0) is 32.2 Å². The van der Waals surface area contributed by atoms with Gasteiger partial charge in [0.1, 0.15) is 12.2 Å². The molecule has 0 aliphatic rings. The van der Waals surface area contributed by atoms with E-state index in [9.17, 15) is 0 Å². The first-order valence-electron chi connectivity index (χ1n) is 7.86. The molecule has 0 saturated heterocycles. The zero-order chi connectivity index (χ0) is 14.1. The van der Waals surface area contributed by atoms with Crippen molar-refractivity contribution in [3.05, 3.63) is 12.2 Å². The second-order valence-corrected chi connectivity index (χ2v) is 5.20. The average Bonchev–Trinajstić information content (AvgIpc) is 2.85. The highest BCUT2D eigenvalue weighted by Crippen LogP contribution is 2.20. The Morgan fingerprint density at radius 3 is 2.37 bits per heavy atom. The number of hydrogen-bond acceptors (Lipinski definition) is 3. The van der Waals surface area contributed by atoms with Gasteiger partial charge in [0, 0.05) is 19.0 Å². The second kappa shape index (κ2) is 9.08. The van der Waals surface area contributed by atoms with Gasteiger partial charge in [-0.3, -0.25) is 4.68 Å². The van der Waals surface area contributed by atoms with Crippen molar-refractivity contribution in [2.75, 3.05) is 6.54 Å². The SMILES string of the molecule is CCCC(CCC)C(Cc1ncnn1CC)NCC. The summed E-state index contributed by atoms with van der Waals surface area (Å²) in [4.78, 5) is 4.42. The van der Waals surface area contributed by atoms with Crippen LogP contribution in [0.5, 0.6) is 0 Å². The van der Waals surface area contributed by atoms with Crippen LogP contribution in [0.25, 0.3) is 0 Å². The highest BCUT2D eigenvalue weighted by Gasteiger charge is 2.21. The molecule has 1 heterocycles. The van der Waals surface area contributed by atoms with E-state index in [1.165, 1.54) is 25.7 Å². The minimum Gasteiger partial charge on any atom is -0.314 e. The van der Waals surface area contributed by atoms with Crippen molar-refractivity contribution in [3.63, 3.8) is 0 Å². The number of aromatic nitrogens is 3. The largest absolute Gasteiger partial charge is 0.314 e. The predicted octanol–water partition coefficient (Wildman–Crippen LogP) is 3.04. The van der Waals surface area contributed by atoms with Crippen molar-refractivity contribution < 1.29 is 0 Å². The third-order valence-corrected chi connectivity index (χ3v) is 3.75. The third-order valence-electron chi connectivity index (χ3n) is 3.75. The number of nitrogens with zero attached hydrogens (tertiary/aromatic N) is 3. The van der Waals surface area contributed by atoms with Crippen LogP contribution in [0.1, 0.15) is 59.2 Å². The summed E-state index contributed by atoms with van der Waals surface area (Å²) in [5.41, 5.74) is 0. The van der Waals surface area contributed by atoms with Crippen LogP contribution in [0.15, 0.2) is 6.33 Å². The molecule has 0 amide bonds. The molecule has 1 unspecified atom stereocenters. The lowest BCUT2D eigenvalue weighted by Gasteiger charge is -2.27. The first-order chi connectivity index (χ1) is 9.26. The van der Waals surface area contributed by atoms with Gasteiger partial charge in [0.05, 0.1) is 0 Å². The summed E-state index contributed by atoms with van der Waals surface area (Å²) in [6.45, 7) is 10.8. The van der Waals surface area contributed by atoms with Crippen LogP contribution >= 0.6 is 0 Å². The number of aryl methyl sites for hydroxylation is 1. The maximum atomic E-state index is 4.42. The smallest absolute Gasteiger partial charge is 0.138 e. The van der Waals surface area contributed by atoms with E-state index in [2.05, 4.69) is 43.1 Å². The Morgan fingerprint density at radius 1 is 1.16 bits per heavy atom. The first-order valence-corrected chi connectivity index (χ1v) is 7.86. The fourth-order valence-corrected chi connectivity index (χ4v) is 2.86. The Kier molecular flexibility index (Phi) is 7.72. The molecule has 1 aromatic heterocycles. The number of hydrogen-bond donors (Lipinski definition) is 1.